The van der Waals surface area contributed by atoms with Crippen molar-refractivity contribution >= 4 is 49.5 Å². The maximum Gasteiger partial charge on any atom is 0.326 e. The van der Waals surface area contributed by atoms with Crippen LogP contribution in [0.15, 0.2) is 27.1 Å². The number of carboxylic acid groups (broad SMARTS) is 1. The normalized spacial score (nSPS) is 18.4. The highest BCUT2D eigenvalue weighted by molar-refractivity contribution is 9.11. The number of nitrogens with zero attached hydrogens (tertiary/aromatic N) is 1. The van der Waals surface area contributed by atoms with Crippen molar-refractivity contribution in [1.29, 1.82) is 0 Å². The van der Waals surface area contributed by atoms with Crippen molar-refractivity contribution in [3.8, 4) is 0 Å². The van der Waals surface area contributed by atoms with Crippen molar-refractivity contribution in [2.45, 2.75) is 18.9 Å². The number of urea groups is 1. The molecule has 0 spiro atoms. The number of rotatable bonds is 2. The summed E-state index contributed by atoms with van der Waals surface area (Å²) in [5.41, 5.74) is 0.600. The minimum absolute atomic E-state index is 0.391. The van der Waals surface area contributed by atoms with E-state index in [0.29, 0.717) is 25.1 Å². The van der Waals surface area contributed by atoms with Crippen LogP contribution in [-0.2, 0) is 4.79 Å². The van der Waals surface area contributed by atoms with Crippen LogP contribution in [-0.4, -0.2) is 34.6 Å². The maximum atomic E-state index is 12.1. The van der Waals surface area contributed by atoms with Gasteiger partial charge in [-0.15, -0.1) is 0 Å². The summed E-state index contributed by atoms with van der Waals surface area (Å²) in [5.74, 6) is -0.959. The number of benzene rings is 1. The SMILES string of the molecule is O=C(O)[C@@H]1CCCN1C(=O)Nc1c(Br)cccc1Br. The van der Waals surface area contributed by atoms with E-state index in [1.54, 1.807) is 12.1 Å². The van der Waals surface area contributed by atoms with Gasteiger partial charge in [0.25, 0.3) is 0 Å². The van der Waals surface area contributed by atoms with Gasteiger partial charge < -0.3 is 15.3 Å². The lowest BCUT2D eigenvalue weighted by Gasteiger charge is -2.22. The Morgan fingerprint density at radius 1 is 1.32 bits per heavy atom. The second-order valence-corrected chi connectivity index (χ2v) is 5.93. The molecule has 19 heavy (non-hydrogen) atoms. The lowest BCUT2D eigenvalue weighted by Crippen LogP contribution is -2.42. The molecule has 1 atom stereocenters. The molecule has 0 unspecified atom stereocenters. The Morgan fingerprint density at radius 2 is 1.95 bits per heavy atom. The molecule has 0 aliphatic carbocycles. The van der Waals surface area contributed by atoms with E-state index in [4.69, 9.17) is 5.11 Å². The fourth-order valence-corrected chi connectivity index (χ4v) is 3.26. The van der Waals surface area contributed by atoms with Gasteiger partial charge in [-0.2, -0.15) is 0 Å². The van der Waals surface area contributed by atoms with Gasteiger partial charge in [-0.3, -0.25) is 0 Å². The van der Waals surface area contributed by atoms with Crippen LogP contribution in [0.4, 0.5) is 10.5 Å². The molecule has 1 fully saturated rings. The number of aliphatic carboxylic acids is 1. The number of carbonyl (C=O) groups excluding carboxylic acids is 1. The van der Waals surface area contributed by atoms with Crippen molar-refractivity contribution in [3.63, 3.8) is 0 Å². The quantitative estimate of drug-likeness (QED) is 0.812. The van der Waals surface area contributed by atoms with Crippen LogP contribution in [0, 0.1) is 0 Å². The van der Waals surface area contributed by atoms with Gasteiger partial charge in [-0.05, 0) is 56.8 Å². The topological polar surface area (TPSA) is 69.6 Å². The van der Waals surface area contributed by atoms with E-state index in [1.165, 1.54) is 4.90 Å². The van der Waals surface area contributed by atoms with E-state index in [9.17, 15) is 9.59 Å². The minimum Gasteiger partial charge on any atom is -0.480 e. The van der Waals surface area contributed by atoms with Crippen molar-refractivity contribution in [2.75, 3.05) is 11.9 Å². The number of anilines is 1. The molecule has 1 saturated heterocycles. The largest absolute Gasteiger partial charge is 0.480 e. The third-order valence-corrected chi connectivity index (χ3v) is 4.32. The molecule has 5 nitrogen and oxygen atoms in total. The number of para-hydroxylation sites is 1. The second kappa shape index (κ2) is 5.92. The molecule has 2 N–H and O–H groups in total. The molecule has 102 valence electrons. The van der Waals surface area contributed by atoms with Crippen LogP contribution in [0.25, 0.3) is 0 Å². The first-order valence-electron chi connectivity index (χ1n) is 5.75. The molecule has 0 bridgehead atoms. The zero-order chi connectivity index (χ0) is 14.0. The fraction of sp³-hybridized carbons (Fsp3) is 0.333. The number of amides is 2. The van der Waals surface area contributed by atoms with E-state index in [0.717, 1.165) is 8.95 Å². The number of nitrogens with one attached hydrogen (secondary N) is 1. The van der Waals surface area contributed by atoms with Gasteiger partial charge in [0.05, 0.1) is 5.69 Å². The summed E-state index contributed by atoms with van der Waals surface area (Å²) < 4.78 is 1.47. The van der Waals surface area contributed by atoms with E-state index in [-0.39, 0.29) is 0 Å². The average Bonchev–Trinajstić information content (AvgIpc) is 2.83. The maximum absolute atomic E-state index is 12.1. The molecule has 0 aromatic heterocycles. The number of carboxylic acids is 1. The molecule has 2 rings (SSSR count). The average molecular weight is 392 g/mol. The van der Waals surface area contributed by atoms with E-state index in [1.807, 2.05) is 6.07 Å². The highest BCUT2D eigenvalue weighted by Crippen LogP contribution is 2.31. The Morgan fingerprint density at radius 3 is 2.53 bits per heavy atom. The summed E-state index contributed by atoms with van der Waals surface area (Å²) >= 11 is 6.70. The molecule has 0 saturated carbocycles. The molecule has 1 aliphatic rings. The van der Waals surface area contributed by atoms with E-state index >= 15 is 0 Å². The highest BCUT2D eigenvalue weighted by atomic mass is 79.9. The van der Waals surface area contributed by atoms with Gasteiger partial charge in [-0.1, -0.05) is 6.07 Å². The minimum atomic E-state index is -0.959. The van der Waals surface area contributed by atoms with Crippen LogP contribution in [0.3, 0.4) is 0 Å². The zero-order valence-electron chi connectivity index (χ0n) is 9.90. The Labute approximate surface area is 127 Å². The predicted octanol–water partition coefficient (Wildman–Crippen LogP) is 3.29. The molecule has 1 aliphatic heterocycles. The predicted molar refractivity (Wildman–Crippen MR) is 78.2 cm³/mol. The summed E-state index contributed by atoms with van der Waals surface area (Å²) in [6.07, 6.45) is 1.21. The Bertz CT molecular complexity index is 501. The summed E-state index contributed by atoms with van der Waals surface area (Å²) in [5, 5.41) is 11.8. The standard InChI is InChI=1S/C12H12Br2N2O3/c13-7-3-1-4-8(14)10(7)15-12(19)16-6-2-5-9(16)11(17)18/h1,3-4,9H,2,5-6H2,(H,15,19)(H,17,18)/t9-/m0/s1. The number of hydrogen-bond acceptors (Lipinski definition) is 2. The Hall–Kier alpha value is -1.08. The molecule has 2 amide bonds. The summed E-state index contributed by atoms with van der Waals surface area (Å²) in [6, 6.07) is 4.32. The molecule has 7 heteroatoms. The smallest absolute Gasteiger partial charge is 0.326 e. The summed E-state index contributed by atoms with van der Waals surface area (Å²) in [6.45, 7) is 0.463. The third-order valence-electron chi connectivity index (χ3n) is 2.99. The first kappa shape index (κ1) is 14.3. The van der Waals surface area contributed by atoms with Crippen molar-refractivity contribution in [3.05, 3.63) is 27.1 Å². The van der Waals surface area contributed by atoms with Gasteiger partial charge in [-0.25, -0.2) is 9.59 Å². The number of halogens is 2. The Kier molecular flexibility index (Phi) is 4.46. The van der Waals surface area contributed by atoms with Gasteiger partial charge >= 0.3 is 12.0 Å². The van der Waals surface area contributed by atoms with Crippen molar-refractivity contribution in [2.24, 2.45) is 0 Å². The Balaban J connectivity index is 2.15. The fourth-order valence-electron chi connectivity index (χ4n) is 2.06. The van der Waals surface area contributed by atoms with Crippen LogP contribution in [0.1, 0.15) is 12.8 Å². The molecular weight excluding hydrogens is 380 g/mol. The zero-order valence-corrected chi connectivity index (χ0v) is 13.1. The van der Waals surface area contributed by atoms with Crippen LogP contribution < -0.4 is 5.32 Å². The number of carbonyl (C=O) groups is 2. The van der Waals surface area contributed by atoms with Gasteiger partial charge in [0.2, 0.25) is 0 Å². The van der Waals surface area contributed by atoms with Gasteiger partial charge in [0.15, 0.2) is 0 Å². The number of hydrogen-bond donors (Lipinski definition) is 2. The van der Waals surface area contributed by atoms with Gasteiger partial charge in [0.1, 0.15) is 6.04 Å². The van der Waals surface area contributed by atoms with Gasteiger partial charge in [0, 0.05) is 15.5 Å². The van der Waals surface area contributed by atoms with Crippen LogP contribution >= 0.6 is 31.9 Å². The van der Waals surface area contributed by atoms with Crippen LogP contribution in [0.5, 0.6) is 0 Å². The molecule has 1 aromatic rings. The summed E-state index contributed by atoms with van der Waals surface area (Å²) in [7, 11) is 0. The molecular formula is C12H12Br2N2O3. The molecule has 0 radical (unpaired) electrons. The first-order chi connectivity index (χ1) is 9.00. The lowest BCUT2D eigenvalue weighted by molar-refractivity contribution is -0.141. The molecule has 1 aromatic carbocycles. The number of likely N-dealkylation sites (tertiary alicyclic amines) is 1. The monoisotopic (exact) mass is 390 g/mol. The second-order valence-electron chi connectivity index (χ2n) is 4.22. The lowest BCUT2D eigenvalue weighted by atomic mass is 10.2. The summed E-state index contributed by atoms with van der Waals surface area (Å²) in [4.78, 5) is 24.6. The third kappa shape index (κ3) is 3.09. The highest BCUT2D eigenvalue weighted by Gasteiger charge is 2.34. The van der Waals surface area contributed by atoms with E-state index < -0.39 is 18.0 Å². The van der Waals surface area contributed by atoms with Crippen molar-refractivity contribution < 1.29 is 14.7 Å². The van der Waals surface area contributed by atoms with Crippen molar-refractivity contribution in [1.82, 2.24) is 4.90 Å². The molecule has 1 heterocycles. The first-order valence-corrected chi connectivity index (χ1v) is 7.33. The van der Waals surface area contributed by atoms with Crippen LogP contribution in [0.2, 0.25) is 0 Å². The van der Waals surface area contributed by atoms with E-state index in [2.05, 4.69) is 37.2 Å².